The van der Waals surface area contributed by atoms with Crippen molar-refractivity contribution in [2.75, 3.05) is 11.9 Å². The van der Waals surface area contributed by atoms with Crippen LogP contribution in [0.3, 0.4) is 0 Å². The lowest BCUT2D eigenvalue weighted by atomic mass is 10.1. The first-order valence-electron chi connectivity index (χ1n) is 7.37. The van der Waals surface area contributed by atoms with Crippen molar-refractivity contribution in [1.82, 2.24) is 4.90 Å². The fourth-order valence-electron chi connectivity index (χ4n) is 2.45. The summed E-state index contributed by atoms with van der Waals surface area (Å²) in [6.45, 7) is 9.19. The van der Waals surface area contributed by atoms with Crippen molar-refractivity contribution in [3.05, 3.63) is 29.3 Å². The van der Waals surface area contributed by atoms with Crippen LogP contribution in [0.2, 0.25) is 0 Å². The van der Waals surface area contributed by atoms with E-state index in [2.05, 4.69) is 30.1 Å². The number of nitrogens with zero attached hydrogens (tertiary/aromatic N) is 1. The topological polar surface area (TPSA) is 58.4 Å². The molecule has 0 aromatic heterocycles. The molecule has 1 aromatic rings. The van der Waals surface area contributed by atoms with Gasteiger partial charge in [0.15, 0.2) is 0 Å². The predicted octanol–water partition coefficient (Wildman–Crippen LogP) is 2.33. The Morgan fingerprint density at radius 2 is 2.10 bits per heavy atom. The Bertz CT molecular complexity index is 483. The van der Waals surface area contributed by atoms with Crippen molar-refractivity contribution in [2.45, 2.75) is 46.3 Å². The number of amides is 1. The summed E-state index contributed by atoms with van der Waals surface area (Å²) in [5.74, 6) is 0.593. The van der Waals surface area contributed by atoms with Crippen LogP contribution in [0.4, 0.5) is 5.69 Å². The van der Waals surface area contributed by atoms with Gasteiger partial charge in [-0.3, -0.25) is 9.69 Å². The van der Waals surface area contributed by atoms with Crippen LogP contribution >= 0.6 is 0 Å². The monoisotopic (exact) mass is 275 g/mol. The first kappa shape index (κ1) is 15.0. The molecule has 0 aliphatic carbocycles. The second-order valence-electron chi connectivity index (χ2n) is 6.11. The Labute approximate surface area is 121 Å². The number of hydrogen-bond donors (Lipinski definition) is 2. The highest BCUT2D eigenvalue weighted by Gasteiger charge is 2.22. The molecule has 1 unspecified atom stereocenters. The number of rotatable bonds is 5. The minimum absolute atomic E-state index is 0.126. The van der Waals surface area contributed by atoms with Crippen LogP contribution in [0.25, 0.3) is 0 Å². The van der Waals surface area contributed by atoms with E-state index in [4.69, 9.17) is 5.73 Å². The van der Waals surface area contributed by atoms with Crippen molar-refractivity contribution >= 4 is 11.6 Å². The number of fused-ring (bicyclic) bond motifs is 1. The third-order valence-electron chi connectivity index (χ3n) is 3.74. The number of nitrogens with two attached hydrogens (primary N) is 1. The maximum Gasteiger partial charge on any atom is 0.241 e. The normalized spacial score (nSPS) is 16.2. The molecule has 0 saturated heterocycles. The van der Waals surface area contributed by atoms with Gasteiger partial charge in [0.25, 0.3) is 0 Å². The zero-order chi connectivity index (χ0) is 14.7. The lowest BCUT2D eigenvalue weighted by molar-refractivity contribution is -0.117. The van der Waals surface area contributed by atoms with Crippen molar-refractivity contribution < 1.29 is 4.79 Å². The standard InChI is InChI=1S/C16H25N3O/c1-11(2)7-8-19-9-13-5-4-6-15(14(13)10-19)18-16(20)12(3)17/h4-6,11-12H,7-10,17H2,1-3H3,(H,18,20). The lowest BCUT2D eigenvalue weighted by Gasteiger charge is -2.16. The predicted molar refractivity (Wildman–Crippen MR) is 82.3 cm³/mol. The van der Waals surface area contributed by atoms with Gasteiger partial charge in [-0.05, 0) is 43.0 Å². The smallest absolute Gasteiger partial charge is 0.241 e. The Hall–Kier alpha value is -1.39. The molecular weight excluding hydrogens is 250 g/mol. The van der Waals surface area contributed by atoms with E-state index in [1.807, 2.05) is 12.1 Å². The summed E-state index contributed by atoms with van der Waals surface area (Å²) < 4.78 is 0. The van der Waals surface area contributed by atoms with Gasteiger partial charge in [0.2, 0.25) is 5.91 Å². The van der Waals surface area contributed by atoms with Crippen LogP contribution in [0.1, 0.15) is 38.3 Å². The van der Waals surface area contributed by atoms with Crippen molar-refractivity contribution in [3.8, 4) is 0 Å². The first-order valence-corrected chi connectivity index (χ1v) is 7.37. The molecule has 1 aliphatic rings. The van der Waals surface area contributed by atoms with Crippen LogP contribution in [0, 0.1) is 5.92 Å². The summed E-state index contributed by atoms with van der Waals surface area (Å²) in [5.41, 5.74) is 9.09. The van der Waals surface area contributed by atoms with Crippen molar-refractivity contribution in [3.63, 3.8) is 0 Å². The van der Waals surface area contributed by atoms with E-state index in [9.17, 15) is 4.79 Å². The van der Waals surface area contributed by atoms with Gasteiger partial charge < -0.3 is 11.1 Å². The largest absolute Gasteiger partial charge is 0.324 e. The van der Waals surface area contributed by atoms with E-state index in [1.165, 1.54) is 17.5 Å². The molecule has 1 atom stereocenters. The summed E-state index contributed by atoms with van der Waals surface area (Å²) in [4.78, 5) is 14.2. The Morgan fingerprint density at radius 1 is 1.35 bits per heavy atom. The molecule has 1 aliphatic heterocycles. The second-order valence-corrected chi connectivity index (χ2v) is 6.11. The van der Waals surface area contributed by atoms with Gasteiger partial charge in [-0.1, -0.05) is 26.0 Å². The van der Waals surface area contributed by atoms with Gasteiger partial charge in [-0.15, -0.1) is 0 Å². The van der Waals surface area contributed by atoms with Crippen molar-refractivity contribution in [1.29, 1.82) is 0 Å². The molecular formula is C16H25N3O. The average molecular weight is 275 g/mol. The van der Waals surface area contributed by atoms with Gasteiger partial charge in [-0.25, -0.2) is 0 Å². The fourth-order valence-corrected chi connectivity index (χ4v) is 2.45. The number of hydrogen-bond acceptors (Lipinski definition) is 3. The van der Waals surface area contributed by atoms with Crippen LogP contribution in [0.15, 0.2) is 18.2 Å². The van der Waals surface area contributed by atoms with E-state index in [0.717, 1.165) is 31.2 Å². The molecule has 1 aromatic carbocycles. The molecule has 0 spiro atoms. The fraction of sp³-hybridized carbons (Fsp3) is 0.562. The highest BCUT2D eigenvalue weighted by Crippen LogP contribution is 2.29. The molecule has 0 fully saturated rings. The molecule has 1 amide bonds. The number of benzene rings is 1. The highest BCUT2D eigenvalue weighted by molar-refractivity contribution is 5.95. The molecule has 2 rings (SSSR count). The summed E-state index contributed by atoms with van der Waals surface area (Å²) in [7, 11) is 0. The molecule has 20 heavy (non-hydrogen) atoms. The maximum atomic E-state index is 11.8. The highest BCUT2D eigenvalue weighted by atomic mass is 16.2. The number of carbonyl (C=O) groups is 1. The van der Waals surface area contributed by atoms with Crippen LogP contribution in [0.5, 0.6) is 0 Å². The number of carbonyl (C=O) groups excluding carboxylic acids is 1. The number of nitrogens with one attached hydrogen (secondary N) is 1. The molecule has 110 valence electrons. The first-order chi connectivity index (χ1) is 9.47. The Kier molecular flexibility index (Phi) is 4.78. The number of anilines is 1. The van der Waals surface area contributed by atoms with Crippen LogP contribution in [-0.2, 0) is 17.9 Å². The molecule has 4 heteroatoms. The molecule has 0 radical (unpaired) electrons. The van der Waals surface area contributed by atoms with E-state index in [0.29, 0.717) is 0 Å². The summed E-state index contributed by atoms with van der Waals surface area (Å²) in [6.07, 6.45) is 1.20. The molecule has 3 N–H and O–H groups in total. The summed E-state index contributed by atoms with van der Waals surface area (Å²) in [5, 5.41) is 2.94. The maximum absolute atomic E-state index is 11.8. The lowest BCUT2D eigenvalue weighted by Crippen LogP contribution is -2.32. The molecule has 0 saturated carbocycles. The van der Waals surface area contributed by atoms with E-state index >= 15 is 0 Å². The quantitative estimate of drug-likeness (QED) is 0.867. The van der Waals surface area contributed by atoms with E-state index in [1.54, 1.807) is 6.92 Å². The van der Waals surface area contributed by atoms with Gasteiger partial charge in [0.1, 0.15) is 0 Å². The summed E-state index contributed by atoms with van der Waals surface area (Å²) >= 11 is 0. The molecule has 4 nitrogen and oxygen atoms in total. The van der Waals surface area contributed by atoms with Crippen LogP contribution < -0.4 is 11.1 Å². The Balaban J connectivity index is 2.06. The zero-order valence-corrected chi connectivity index (χ0v) is 12.6. The third kappa shape index (κ3) is 3.58. The van der Waals surface area contributed by atoms with Crippen molar-refractivity contribution in [2.24, 2.45) is 11.7 Å². The van der Waals surface area contributed by atoms with E-state index in [-0.39, 0.29) is 5.91 Å². The SMILES string of the molecule is CC(C)CCN1Cc2cccc(NC(=O)C(C)N)c2C1. The third-order valence-corrected chi connectivity index (χ3v) is 3.74. The molecule has 0 bridgehead atoms. The van der Waals surface area contributed by atoms with Gasteiger partial charge in [0.05, 0.1) is 6.04 Å². The zero-order valence-electron chi connectivity index (χ0n) is 12.6. The minimum atomic E-state index is -0.482. The van der Waals surface area contributed by atoms with E-state index < -0.39 is 6.04 Å². The van der Waals surface area contributed by atoms with Gasteiger partial charge in [0, 0.05) is 18.8 Å². The van der Waals surface area contributed by atoms with Gasteiger partial charge >= 0.3 is 0 Å². The second kappa shape index (κ2) is 6.37. The minimum Gasteiger partial charge on any atom is -0.324 e. The molecule has 1 heterocycles. The van der Waals surface area contributed by atoms with Gasteiger partial charge in [-0.2, -0.15) is 0 Å². The summed E-state index contributed by atoms with van der Waals surface area (Å²) in [6, 6.07) is 5.63. The Morgan fingerprint density at radius 3 is 2.75 bits per heavy atom. The average Bonchev–Trinajstić information content (AvgIpc) is 2.80. The van der Waals surface area contributed by atoms with Crippen LogP contribution in [-0.4, -0.2) is 23.4 Å².